The fraction of sp³-hybridized carbons (Fsp3) is 0. The molecular formula is C52H34N2S. The van der Waals surface area contributed by atoms with Crippen LogP contribution in [0.25, 0.3) is 80.7 Å². The Morgan fingerprint density at radius 1 is 0.382 bits per heavy atom. The van der Waals surface area contributed by atoms with Crippen LogP contribution in [0.5, 0.6) is 0 Å². The maximum Gasteiger partial charge on any atom is 0.0727 e. The number of para-hydroxylation sites is 2. The number of nitrogens with zero attached hydrogens (tertiary/aromatic N) is 2. The number of hydrogen-bond donors (Lipinski definition) is 0. The van der Waals surface area contributed by atoms with E-state index < -0.39 is 0 Å². The molecule has 2 nitrogen and oxygen atoms in total. The van der Waals surface area contributed by atoms with E-state index in [1.165, 1.54) is 80.7 Å². The zero-order valence-corrected chi connectivity index (χ0v) is 30.7. The van der Waals surface area contributed by atoms with Crippen LogP contribution in [-0.4, -0.2) is 4.57 Å². The van der Waals surface area contributed by atoms with Crippen molar-refractivity contribution in [3.05, 3.63) is 206 Å². The maximum atomic E-state index is 2.44. The summed E-state index contributed by atoms with van der Waals surface area (Å²) in [4.78, 5) is 2.42. The second-order valence-corrected chi connectivity index (χ2v) is 15.1. The van der Waals surface area contributed by atoms with Crippen molar-refractivity contribution in [3.63, 3.8) is 0 Å². The first-order chi connectivity index (χ1) is 27.3. The van der Waals surface area contributed by atoms with Crippen LogP contribution >= 0.6 is 11.3 Å². The molecule has 2 heterocycles. The lowest BCUT2D eigenvalue weighted by atomic mass is 9.98. The lowest BCUT2D eigenvalue weighted by molar-refractivity contribution is 1.19. The Labute approximate surface area is 323 Å². The highest BCUT2D eigenvalue weighted by molar-refractivity contribution is 7.27. The fourth-order valence-electron chi connectivity index (χ4n) is 8.43. The molecule has 0 aliphatic rings. The van der Waals surface area contributed by atoms with Crippen molar-refractivity contribution in [2.24, 2.45) is 0 Å². The molecule has 11 aromatic rings. The maximum absolute atomic E-state index is 2.44. The fourth-order valence-corrected chi connectivity index (χ4v) is 9.79. The van der Waals surface area contributed by atoms with Crippen LogP contribution < -0.4 is 4.90 Å². The van der Waals surface area contributed by atoms with E-state index in [0.29, 0.717) is 0 Å². The van der Waals surface area contributed by atoms with Crippen molar-refractivity contribution in [2.45, 2.75) is 0 Å². The van der Waals surface area contributed by atoms with Gasteiger partial charge in [-0.1, -0.05) is 158 Å². The van der Waals surface area contributed by atoms with Gasteiger partial charge in [0.25, 0.3) is 0 Å². The lowest BCUT2D eigenvalue weighted by Crippen LogP contribution is -2.10. The van der Waals surface area contributed by atoms with Gasteiger partial charge in [0.2, 0.25) is 0 Å². The average Bonchev–Trinajstić information content (AvgIpc) is 3.80. The summed E-state index contributed by atoms with van der Waals surface area (Å²) in [6, 6.07) is 74.9. The molecule has 0 fully saturated rings. The molecular weight excluding hydrogens is 685 g/mol. The largest absolute Gasteiger partial charge is 0.310 e. The smallest absolute Gasteiger partial charge is 0.0727 e. The van der Waals surface area contributed by atoms with Crippen LogP contribution in [0.15, 0.2) is 206 Å². The molecule has 258 valence electrons. The minimum atomic E-state index is 1.11. The van der Waals surface area contributed by atoms with Crippen molar-refractivity contribution >= 4 is 81.1 Å². The van der Waals surface area contributed by atoms with Gasteiger partial charge in [0.1, 0.15) is 0 Å². The molecule has 9 aromatic carbocycles. The van der Waals surface area contributed by atoms with E-state index in [-0.39, 0.29) is 0 Å². The van der Waals surface area contributed by atoms with E-state index in [2.05, 4.69) is 216 Å². The number of hydrogen-bond acceptors (Lipinski definition) is 2. The predicted molar refractivity (Wildman–Crippen MR) is 237 cm³/mol. The number of aromatic nitrogens is 1. The molecule has 55 heavy (non-hydrogen) atoms. The number of rotatable bonds is 6. The van der Waals surface area contributed by atoms with Crippen LogP contribution in [0.3, 0.4) is 0 Å². The van der Waals surface area contributed by atoms with Crippen molar-refractivity contribution < 1.29 is 0 Å². The molecule has 0 spiro atoms. The molecule has 0 unspecified atom stereocenters. The zero-order chi connectivity index (χ0) is 36.3. The third-order valence-electron chi connectivity index (χ3n) is 11.0. The van der Waals surface area contributed by atoms with Gasteiger partial charge in [-0.2, -0.15) is 0 Å². The second kappa shape index (κ2) is 12.9. The molecule has 3 heteroatoms. The molecule has 0 aliphatic carbocycles. The molecule has 2 aromatic heterocycles. The Balaban J connectivity index is 1.08. The SMILES string of the molecule is c1ccc(-c2ccc(N(c3ccc(-c4cccc5c4sc4c6ccccc6n(-c6ccccc6)c54)cc3)c3cc4ccccc4c4ccccc34)cc2)cc1. The summed E-state index contributed by atoms with van der Waals surface area (Å²) in [5.74, 6) is 0. The van der Waals surface area contributed by atoms with E-state index >= 15 is 0 Å². The molecule has 11 rings (SSSR count). The minimum Gasteiger partial charge on any atom is -0.310 e. The lowest BCUT2D eigenvalue weighted by Gasteiger charge is -2.28. The van der Waals surface area contributed by atoms with Gasteiger partial charge in [0.05, 0.1) is 21.4 Å². The molecule has 0 saturated heterocycles. The minimum absolute atomic E-state index is 1.11. The summed E-state index contributed by atoms with van der Waals surface area (Å²) < 4.78 is 5.07. The average molecular weight is 719 g/mol. The van der Waals surface area contributed by atoms with Gasteiger partial charge in [0.15, 0.2) is 0 Å². The summed E-state index contributed by atoms with van der Waals surface area (Å²) in [5.41, 5.74) is 12.0. The second-order valence-electron chi connectivity index (χ2n) is 14.1. The van der Waals surface area contributed by atoms with Crippen LogP contribution in [0.4, 0.5) is 17.1 Å². The Morgan fingerprint density at radius 2 is 0.945 bits per heavy atom. The van der Waals surface area contributed by atoms with Crippen LogP contribution in [-0.2, 0) is 0 Å². The Morgan fingerprint density at radius 3 is 1.69 bits per heavy atom. The standard InChI is InChI=1S/C52H34N2S/c1-3-14-35(15-4-1)36-26-30-40(31-27-36)53(49-34-38-16-7-8-19-42(38)44-20-9-10-21-45(44)49)41-32-28-37(29-33-41)43-23-13-24-47-50-52(55-51(43)47)46-22-11-12-25-48(46)54(50)39-17-5-2-6-18-39/h1-34H. The Kier molecular flexibility index (Phi) is 7.39. The molecule has 0 N–H and O–H groups in total. The highest BCUT2D eigenvalue weighted by Crippen LogP contribution is 2.47. The molecule has 0 aliphatic heterocycles. The zero-order valence-electron chi connectivity index (χ0n) is 29.9. The van der Waals surface area contributed by atoms with Gasteiger partial charge in [0, 0.05) is 37.9 Å². The highest BCUT2D eigenvalue weighted by Gasteiger charge is 2.21. The summed E-state index contributed by atoms with van der Waals surface area (Å²) >= 11 is 1.90. The van der Waals surface area contributed by atoms with E-state index in [4.69, 9.17) is 0 Å². The summed E-state index contributed by atoms with van der Waals surface area (Å²) in [7, 11) is 0. The molecule has 0 saturated carbocycles. The number of thiophene rings is 1. The monoisotopic (exact) mass is 718 g/mol. The molecule has 0 bridgehead atoms. The third-order valence-corrected chi connectivity index (χ3v) is 12.2. The van der Waals surface area contributed by atoms with E-state index in [9.17, 15) is 0 Å². The molecule has 0 atom stereocenters. The quantitative estimate of drug-likeness (QED) is 0.155. The first kappa shape index (κ1) is 31.6. The highest BCUT2D eigenvalue weighted by atomic mass is 32.1. The summed E-state index contributed by atoms with van der Waals surface area (Å²) in [6.45, 7) is 0. The van der Waals surface area contributed by atoms with Crippen molar-refractivity contribution in [1.29, 1.82) is 0 Å². The summed E-state index contributed by atoms with van der Waals surface area (Å²) in [6.07, 6.45) is 0. The summed E-state index contributed by atoms with van der Waals surface area (Å²) in [5, 5.41) is 7.54. The van der Waals surface area contributed by atoms with Crippen molar-refractivity contribution in [1.82, 2.24) is 4.57 Å². The molecule has 0 amide bonds. The normalized spacial score (nSPS) is 11.6. The number of benzene rings is 9. The van der Waals surface area contributed by atoms with Crippen LogP contribution in [0, 0.1) is 0 Å². The van der Waals surface area contributed by atoms with Gasteiger partial charge in [-0.15, -0.1) is 11.3 Å². The number of fused-ring (bicyclic) bond motifs is 8. The Hall–Kier alpha value is -6.94. The first-order valence-electron chi connectivity index (χ1n) is 18.8. The van der Waals surface area contributed by atoms with Crippen molar-refractivity contribution in [2.75, 3.05) is 4.90 Å². The van der Waals surface area contributed by atoms with E-state index in [1.807, 2.05) is 11.3 Å². The third kappa shape index (κ3) is 5.16. The number of anilines is 3. The van der Waals surface area contributed by atoms with Crippen molar-refractivity contribution in [3.8, 4) is 27.9 Å². The van der Waals surface area contributed by atoms with Gasteiger partial charge in [-0.3, -0.25) is 0 Å². The van der Waals surface area contributed by atoms with Gasteiger partial charge in [-0.25, -0.2) is 0 Å². The van der Waals surface area contributed by atoms with E-state index in [1.54, 1.807) is 0 Å². The Bertz CT molecular complexity index is 3180. The van der Waals surface area contributed by atoms with Gasteiger partial charge in [-0.05, 0) is 86.9 Å². The molecule has 0 radical (unpaired) electrons. The predicted octanol–water partition coefficient (Wildman–Crippen LogP) is 15.1. The van der Waals surface area contributed by atoms with Gasteiger partial charge < -0.3 is 9.47 Å². The van der Waals surface area contributed by atoms with E-state index in [0.717, 1.165) is 17.1 Å². The van der Waals surface area contributed by atoms with Gasteiger partial charge >= 0.3 is 0 Å². The topological polar surface area (TPSA) is 8.17 Å². The van der Waals surface area contributed by atoms with Crippen LogP contribution in [0.1, 0.15) is 0 Å². The van der Waals surface area contributed by atoms with Crippen LogP contribution in [0.2, 0.25) is 0 Å². The first-order valence-corrected chi connectivity index (χ1v) is 19.6.